The van der Waals surface area contributed by atoms with Gasteiger partial charge in [-0.1, -0.05) is 13.8 Å². The first-order chi connectivity index (χ1) is 7.06. The number of carbonyl (C=O) groups excluding carboxylic acids is 1. The topological polar surface area (TPSA) is 49.3 Å². The van der Waals surface area contributed by atoms with E-state index in [4.69, 9.17) is 5.11 Å². The zero-order valence-electron chi connectivity index (χ0n) is 10.3. The maximum absolute atomic E-state index is 11.4. The van der Waals surface area contributed by atoms with Crippen LogP contribution in [0, 0.1) is 5.92 Å². The van der Waals surface area contributed by atoms with E-state index in [1.54, 1.807) is 0 Å². The Kier molecular flexibility index (Phi) is 8.38. The molecule has 0 aliphatic heterocycles. The van der Waals surface area contributed by atoms with Crippen LogP contribution in [0.25, 0.3) is 0 Å². The lowest BCUT2D eigenvalue weighted by molar-refractivity contribution is -0.121. The van der Waals surface area contributed by atoms with E-state index in [0.29, 0.717) is 18.8 Å². The van der Waals surface area contributed by atoms with Gasteiger partial charge >= 0.3 is 0 Å². The summed E-state index contributed by atoms with van der Waals surface area (Å²) in [6, 6.07) is 0.272. The molecule has 3 nitrogen and oxygen atoms in total. The van der Waals surface area contributed by atoms with Gasteiger partial charge < -0.3 is 10.4 Å². The first-order valence-electron chi connectivity index (χ1n) is 5.96. The largest absolute Gasteiger partial charge is 0.396 e. The summed E-state index contributed by atoms with van der Waals surface area (Å²) in [7, 11) is 0. The standard InChI is InChI=1S/C12H25NO2/c1-10(2)7-8-11(3)13-12(15)6-4-5-9-14/h10-11,14H,4-9H2,1-3H3,(H,13,15). The molecule has 0 aromatic carbocycles. The monoisotopic (exact) mass is 215 g/mol. The number of rotatable bonds is 8. The van der Waals surface area contributed by atoms with Crippen molar-refractivity contribution in [2.75, 3.05) is 6.61 Å². The lowest BCUT2D eigenvalue weighted by Gasteiger charge is -2.14. The van der Waals surface area contributed by atoms with Crippen molar-refractivity contribution in [1.29, 1.82) is 0 Å². The average Bonchev–Trinajstić information content (AvgIpc) is 2.15. The van der Waals surface area contributed by atoms with Crippen LogP contribution in [0.3, 0.4) is 0 Å². The molecule has 0 heterocycles. The van der Waals surface area contributed by atoms with Crippen LogP contribution in [0.15, 0.2) is 0 Å². The second-order valence-corrected chi connectivity index (χ2v) is 4.62. The minimum atomic E-state index is 0.111. The lowest BCUT2D eigenvalue weighted by Crippen LogP contribution is -2.32. The fraction of sp³-hybridized carbons (Fsp3) is 0.917. The first-order valence-corrected chi connectivity index (χ1v) is 5.96. The molecule has 1 unspecified atom stereocenters. The molecule has 0 radical (unpaired) electrons. The van der Waals surface area contributed by atoms with E-state index < -0.39 is 0 Å². The Morgan fingerprint density at radius 3 is 2.40 bits per heavy atom. The van der Waals surface area contributed by atoms with Crippen molar-refractivity contribution < 1.29 is 9.90 Å². The fourth-order valence-corrected chi connectivity index (χ4v) is 1.40. The fourth-order valence-electron chi connectivity index (χ4n) is 1.40. The lowest BCUT2D eigenvalue weighted by atomic mass is 10.0. The highest BCUT2D eigenvalue weighted by Gasteiger charge is 2.07. The summed E-state index contributed by atoms with van der Waals surface area (Å²) in [5.41, 5.74) is 0. The van der Waals surface area contributed by atoms with Gasteiger partial charge in [-0.3, -0.25) is 4.79 Å². The van der Waals surface area contributed by atoms with Crippen LogP contribution in [0.4, 0.5) is 0 Å². The minimum absolute atomic E-state index is 0.111. The predicted molar refractivity (Wildman–Crippen MR) is 62.6 cm³/mol. The number of amides is 1. The molecule has 0 aliphatic rings. The Hall–Kier alpha value is -0.570. The molecule has 0 rings (SSSR count). The second kappa shape index (κ2) is 8.72. The summed E-state index contributed by atoms with van der Waals surface area (Å²) < 4.78 is 0. The third-order valence-corrected chi connectivity index (χ3v) is 2.40. The van der Waals surface area contributed by atoms with Gasteiger partial charge in [0.15, 0.2) is 0 Å². The van der Waals surface area contributed by atoms with Gasteiger partial charge in [0.25, 0.3) is 0 Å². The van der Waals surface area contributed by atoms with Crippen molar-refractivity contribution in [2.45, 2.75) is 58.9 Å². The Bertz CT molecular complexity index is 169. The molecule has 0 saturated heterocycles. The van der Waals surface area contributed by atoms with E-state index in [-0.39, 0.29) is 18.6 Å². The van der Waals surface area contributed by atoms with Crippen molar-refractivity contribution in [3.05, 3.63) is 0 Å². The maximum atomic E-state index is 11.4. The van der Waals surface area contributed by atoms with Crippen molar-refractivity contribution in [1.82, 2.24) is 5.32 Å². The zero-order chi connectivity index (χ0) is 11.7. The Morgan fingerprint density at radius 2 is 1.87 bits per heavy atom. The van der Waals surface area contributed by atoms with Crippen molar-refractivity contribution in [3.63, 3.8) is 0 Å². The van der Waals surface area contributed by atoms with Gasteiger partial charge in [0.2, 0.25) is 5.91 Å². The highest BCUT2D eigenvalue weighted by molar-refractivity contribution is 5.76. The number of carbonyl (C=O) groups is 1. The Morgan fingerprint density at radius 1 is 1.20 bits per heavy atom. The zero-order valence-corrected chi connectivity index (χ0v) is 10.3. The summed E-state index contributed by atoms with van der Waals surface area (Å²) in [4.78, 5) is 11.4. The van der Waals surface area contributed by atoms with E-state index in [2.05, 4.69) is 19.2 Å². The summed E-state index contributed by atoms with van der Waals surface area (Å²) in [6.45, 7) is 6.61. The molecule has 90 valence electrons. The minimum Gasteiger partial charge on any atom is -0.396 e. The highest BCUT2D eigenvalue weighted by Crippen LogP contribution is 2.06. The van der Waals surface area contributed by atoms with Gasteiger partial charge in [0.05, 0.1) is 0 Å². The number of unbranched alkanes of at least 4 members (excludes halogenated alkanes) is 1. The number of nitrogens with one attached hydrogen (secondary N) is 1. The van der Waals surface area contributed by atoms with Crippen LogP contribution in [0.5, 0.6) is 0 Å². The SMILES string of the molecule is CC(C)CCC(C)NC(=O)CCCCO. The smallest absolute Gasteiger partial charge is 0.220 e. The maximum Gasteiger partial charge on any atom is 0.220 e. The van der Waals surface area contributed by atoms with Gasteiger partial charge in [0, 0.05) is 19.1 Å². The van der Waals surface area contributed by atoms with Crippen LogP contribution < -0.4 is 5.32 Å². The Labute approximate surface area is 93.3 Å². The van der Waals surface area contributed by atoms with Gasteiger partial charge in [-0.15, -0.1) is 0 Å². The van der Waals surface area contributed by atoms with Gasteiger partial charge in [-0.25, -0.2) is 0 Å². The number of aliphatic hydroxyl groups is 1. The molecule has 0 aromatic rings. The highest BCUT2D eigenvalue weighted by atomic mass is 16.2. The van der Waals surface area contributed by atoms with Crippen LogP contribution in [-0.4, -0.2) is 23.7 Å². The summed E-state index contributed by atoms with van der Waals surface area (Å²) >= 11 is 0. The molecule has 0 aliphatic carbocycles. The van der Waals surface area contributed by atoms with Gasteiger partial charge in [-0.2, -0.15) is 0 Å². The van der Waals surface area contributed by atoms with E-state index in [1.807, 2.05) is 6.92 Å². The molecule has 1 atom stereocenters. The molecule has 3 heteroatoms. The summed E-state index contributed by atoms with van der Waals surface area (Å²) in [6.07, 6.45) is 4.22. The molecule has 1 amide bonds. The molecule has 0 fully saturated rings. The van der Waals surface area contributed by atoms with Crippen molar-refractivity contribution in [3.8, 4) is 0 Å². The van der Waals surface area contributed by atoms with Gasteiger partial charge in [-0.05, 0) is 38.5 Å². The van der Waals surface area contributed by atoms with E-state index in [9.17, 15) is 4.79 Å². The predicted octanol–water partition coefficient (Wildman–Crippen LogP) is 2.09. The molecule has 0 aromatic heterocycles. The molecular formula is C12H25NO2. The van der Waals surface area contributed by atoms with E-state index >= 15 is 0 Å². The molecule has 15 heavy (non-hydrogen) atoms. The second-order valence-electron chi connectivity index (χ2n) is 4.62. The van der Waals surface area contributed by atoms with Crippen LogP contribution in [0.2, 0.25) is 0 Å². The van der Waals surface area contributed by atoms with E-state index in [1.165, 1.54) is 0 Å². The van der Waals surface area contributed by atoms with Gasteiger partial charge in [0.1, 0.15) is 0 Å². The van der Waals surface area contributed by atoms with E-state index in [0.717, 1.165) is 19.3 Å². The molecule has 0 spiro atoms. The Balaban J connectivity index is 3.49. The summed E-state index contributed by atoms with van der Waals surface area (Å²) in [5.74, 6) is 0.804. The molecule has 0 saturated carbocycles. The summed E-state index contributed by atoms with van der Waals surface area (Å²) in [5, 5.41) is 11.5. The van der Waals surface area contributed by atoms with Crippen molar-refractivity contribution >= 4 is 5.91 Å². The third-order valence-electron chi connectivity index (χ3n) is 2.40. The normalized spacial score (nSPS) is 12.9. The molecular weight excluding hydrogens is 190 g/mol. The average molecular weight is 215 g/mol. The quantitative estimate of drug-likeness (QED) is 0.609. The number of hydrogen-bond donors (Lipinski definition) is 2. The van der Waals surface area contributed by atoms with Crippen molar-refractivity contribution in [2.24, 2.45) is 5.92 Å². The third kappa shape index (κ3) is 9.73. The van der Waals surface area contributed by atoms with Crippen LogP contribution >= 0.6 is 0 Å². The first kappa shape index (κ1) is 14.4. The molecule has 2 N–H and O–H groups in total. The molecule has 0 bridgehead atoms. The van der Waals surface area contributed by atoms with Crippen LogP contribution in [0.1, 0.15) is 52.9 Å². The number of hydrogen-bond acceptors (Lipinski definition) is 2. The number of aliphatic hydroxyl groups excluding tert-OH is 1. The van der Waals surface area contributed by atoms with Crippen LogP contribution in [-0.2, 0) is 4.79 Å².